The van der Waals surface area contributed by atoms with Crippen LogP contribution in [0.15, 0.2) is 52.3 Å². The predicted molar refractivity (Wildman–Crippen MR) is 86.0 cm³/mol. The van der Waals surface area contributed by atoms with E-state index in [1.54, 1.807) is 11.8 Å². The number of hydrogen-bond acceptors (Lipinski definition) is 2. The number of anilines is 1. The molecule has 1 nitrogen and oxygen atoms in total. The van der Waals surface area contributed by atoms with Crippen LogP contribution in [0.5, 0.6) is 0 Å². The Balaban J connectivity index is 2.30. The highest BCUT2D eigenvalue weighted by Gasteiger charge is 2.08. The summed E-state index contributed by atoms with van der Waals surface area (Å²) in [4.78, 5) is 4.52. The van der Waals surface area contributed by atoms with Crippen molar-refractivity contribution in [2.45, 2.75) is 16.7 Å². The van der Waals surface area contributed by atoms with E-state index in [1.165, 1.54) is 10.6 Å². The Morgan fingerprint density at radius 3 is 2.47 bits per heavy atom. The van der Waals surface area contributed by atoms with Crippen molar-refractivity contribution in [3.8, 4) is 0 Å². The van der Waals surface area contributed by atoms with E-state index in [4.69, 9.17) is 23.2 Å². The summed E-state index contributed by atoms with van der Waals surface area (Å²) in [6, 6.07) is 14.1. The van der Waals surface area contributed by atoms with Gasteiger partial charge in [-0.05, 0) is 37.3 Å². The highest BCUT2D eigenvalue weighted by molar-refractivity contribution is 7.99. The van der Waals surface area contributed by atoms with Gasteiger partial charge in [-0.15, -0.1) is 0 Å². The summed E-state index contributed by atoms with van der Waals surface area (Å²) >= 11 is 13.7. The van der Waals surface area contributed by atoms with Crippen LogP contribution in [0, 0.1) is 0 Å². The first-order valence-electron chi connectivity index (χ1n) is 6.05. The molecule has 2 rings (SSSR count). The van der Waals surface area contributed by atoms with Crippen LogP contribution in [0.25, 0.3) is 0 Å². The Labute approximate surface area is 128 Å². The van der Waals surface area contributed by atoms with Crippen LogP contribution < -0.4 is 4.90 Å². The third-order valence-electron chi connectivity index (χ3n) is 2.87. The lowest BCUT2D eigenvalue weighted by molar-refractivity contribution is 0.952. The average molecular weight is 312 g/mol. The summed E-state index contributed by atoms with van der Waals surface area (Å²) < 4.78 is 0. The molecule has 0 saturated carbocycles. The van der Waals surface area contributed by atoms with Gasteiger partial charge in [0.1, 0.15) is 0 Å². The van der Waals surface area contributed by atoms with Gasteiger partial charge < -0.3 is 4.90 Å². The van der Waals surface area contributed by atoms with Crippen molar-refractivity contribution in [1.82, 2.24) is 0 Å². The SMILES string of the molecule is CCN(C)c1ccccc1Sc1ccc(Cl)c(Cl)c1. The van der Waals surface area contributed by atoms with Crippen molar-refractivity contribution in [1.29, 1.82) is 0 Å². The lowest BCUT2D eigenvalue weighted by Crippen LogP contribution is -2.16. The molecule has 2 aromatic rings. The molecule has 0 radical (unpaired) electrons. The molecule has 0 amide bonds. The van der Waals surface area contributed by atoms with E-state index in [1.807, 2.05) is 24.3 Å². The summed E-state index contributed by atoms with van der Waals surface area (Å²) in [5.41, 5.74) is 1.22. The van der Waals surface area contributed by atoms with Crippen LogP contribution in [0.2, 0.25) is 10.0 Å². The fraction of sp³-hybridized carbons (Fsp3) is 0.200. The fourth-order valence-electron chi connectivity index (χ4n) is 1.70. The summed E-state index contributed by atoms with van der Waals surface area (Å²) in [6.07, 6.45) is 0. The quantitative estimate of drug-likeness (QED) is 0.723. The van der Waals surface area contributed by atoms with E-state index >= 15 is 0 Å². The number of hydrogen-bond donors (Lipinski definition) is 0. The molecule has 0 N–H and O–H groups in total. The topological polar surface area (TPSA) is 3.24 Å². The Hall–Kier alpha value is -0.830. The molecule has 0 fully saturated rings. The molecule has 0 spiro atoms. The zero-order valence-corrected chi connectivity index (χ0v) is 13.2. The first-order valence-corrected chi connectivity index (χ1v) is 7.62. The second-order valence-electron chi connectivity index (χ2n) is 4.16. The Bertz CT molecular complexity index is 572. The Morgan fingerprint density at radius 1 is 1.05 bits per heavy atom. The second kappa shape index (κ2) is 6.56. The molecule has 4 heteroatoms. The third-order valence-corrected chi connectivity index (χ3v) is 4.66. The van der Waals surface area contributed by atoms with Crippen molar-refractivity contribution >= 4 is 40.7 Å². The molecular weight excluding hydrogens is 297 g/mol. The van der Waals surface area contributed by atoms with Gasteiger partial charge in [-0.25, -0.2) is 0 Å². The van der Waals surface area contributed by atoms with Crippen molar-refractivity contribution in [3.05, 3.63) is 52.5 Å². The van der Waals surface area contributed by atoms with Crippen molar-refractivity contribution in [2.24, 2.45) is 0 Å². The highest BCUT2D eigenvalue weighted by atomic mass is 35.5. The van der Waals surface area contributed by atoms with E-state index in [2.05, 4.69) is 37.1 Å². The van der Waals surface area contributed by atoms with E-state index in [0.29, 0.717) is 10.0 Å². The van der Waals surface area contributed by atoms with Gasteiger partial charge in [0, 0.05) is 23.4 Å². The van der Waals surface area contributed by atoms with Crippen LogP contribution in [0.4, 0.5) is 5.69 Å². The zero-order valence-electron chi connectivity index (χ0n) is 10.9. The van der Waals surface area contributed by atoms with Gasteiger partial charge in [-0.3, -0.25) is 0 Å². The molecule has 0 heterocycles. The smallest absolute Gasteiger partial charge is 0.0603 e. The molecule has 0 unspecified atom stereocenters. The Morgan fingerprint density at radius 2 is 1.79 bits per heavy atom. The normalized spacial score (nSPS) is 10.5. The maximum atomic E-state index is 6.05. The van der Waals surface area contributed by atoms with Crippen molar-refractivity contribution in [2.75, 3.05) is 18.5 Å². The average Bonchev–Trinajstić information content (AvgIpc) is 2.43. The molecule has 0 atom stereocenters. The van der Waals surface area contributed by atoms with Gasteiger partial charge >= 0.3 is 0 Å². The molecule has 0 aromatic heterocycles. The minimum atomic E-state index is 0.588. The van der Waals surface area contributed by atoms with E-state index in [-0.39, 0.29) is 0 Å². The van der Waals surface area contributed by atoms with Crippen LogP contribution >= 0.6 is 35.0 Å². The maximum absolute atomic E-state index is 6.05. The lowest BCUT2D eigenvalue weighted by atomic mass is 10.3. The largest absolute Gasteiger partial charge is 0.374 e. The van der Waals surface area contributed by atoms with Crippen LogP contribution in [-0.4, -0.2) is 13.6 Å². The standard InChI is InChI=1S/C15H15Cl2NS/c1-3-18(2)14-6-4-5-7-15(14)19-11-8-9-12(16)13(17)10-11/h4-10H,3H2,1-2H3. The molecule has 19 heavy (non-hydrogen) atoms. The van der Waals surface area contributed by atoms with Crippen molar-refractivity contribution < 1.29 is 0 Å². The highest BCUT2D eigenvalue weighted by Crippen LogP contribution is 2.37. The maximum Gasteiger partial charge on any atom is 0.0603 e. The molecule has 0 saturated heterocycles. The predicted octanol–water partition coefficient (Wildman–Crippen LogP) is 5.60. The van der Waals surface area contributed by atoms with Crippen molar-refractivity contribution in [3.63, 3.8) is 0 Å². The number of benzene rings is 2. The van der Waals surface area contributed by atoms with Crippen LogP contribution in [0.1, 0.15) is 6.92 Å². The third kappa shape index (κ3) is 3.59. The molecule has 0 aliphatic rings. The zero-order chi connectivity index (χ0) is 13.8. The van der Waals surface area contributed by atoms with Gasteiger partial charge in [0.25, 0.3) is 0 Å². The summed E-state index contributed by atoms with van der Waals surface area (Å²) in [5, 5.41) is 1.18. The number of rotatable bonds is 4. The summed E-state index contributed by atoms with van der Waals surface area (Å²) in [5.74, 6) is 0. The number of halogens is 2. The molecule has 2 aromatic carbocycles. The summed E-state index contributed by atoms with van der Waals surface area (Å²) in [7, 11) is 2.09. The van der Waals surface area contributed by atoms with Gasteiger partial charge in [-0.1, -0.05) is 47.1 Å². The minimum Gasteiger partial charge on any atom is -0.374 e. The monoisotopic (exact) mass is 311 g/mol. The van der Waals surface area contributed by atoms with E-state index < -0.39 is 0 Å². The number of para-hydroxylation sites is 1. The molecule has 0 aliphatic carbocycles. The van der Waals surface area contributed by atoms with Gasteiger partial charge in [-0.2, -0.15) is 0 Å². The molecule has 0 bridgehead atoms. The van der Waals surface area contributed by atoms with E-state index in [0.717, 1.165) is 11.4 Å². The lowest BCUT2D eigenvalue weighted by Gasteiger charge is -2.20. The minimum absolute atomic E-state index is 0.588. The van der Waals surface area contributed by atoms with Gasteiger partial charge in [0.05, 0.1) is 15.7 Å². The van der Waals surface area contributed by atoms with Crippen LogP contribution in [-0.2, 0) is 0 Å². The summed E-state index contributed by atoms with van der Waals surface area (Å²) in [6.45, 7) is 3.11. The second-order valence-corrected chi connectivity index (χ2v) is 6.09. The number of nitrogens with zero attached hydrogens (tertiary/aromatic N) is 1. The molecular formula is C15H15Cl2NS. The molecule has 0 aliphatic heterocycles. The van der Waals surface area contributed by atoms with Gasteiger partial charge in [0.2, 0.25) is 0 Å². The first-order chi connectivity index (χ1) is 9.11. The Kier molecular flexibility index (Phi) is 5.03. The van der Waals surface area contributed by atoms with Gasteiger partial charge in [0.15, 0.2) is 0 Å². The molecule has 100 valence electrons. The first kappa shape index (κ1) is 14.6. The van der Waals surface area contributed by atoms with E-state index in [9.17, 15) is 0 Å². The fourth-order valence-corrected chi connectivity index (χ4v) is 3.10. The van der Waals surface area contributed by atoms with Crippen LogP contribution in [0.3, 0.4) is 0 Å².